The SMILES string of the molecule is CCN(CC)c1cccc(OC(C)CNCC(F)(F)F)c1. The lowest BCUT2D eigenvalue weighted by Gasteiger charge is -2.22. The van der Waals surface area contributed by atoms with E-state index in [1.54, 1.807) is 6.92 Å². The van der Waals surface area contributed by atoms with Gasteiger partial charge in [0.2, 0.25) is 0 Å². The Balaban J connectivity index is 2.52. The molecule has 0 saturated heterocycles. The summed E-state index contributed by atoms with van der Waals surface area (Å²) in [4.78, 5) is 2.18. The van der Waals surface area contributed by atoms with E-state index < -0.39 is 12.7 Å². The molecule has 1 aromatic carbocycles. The number of halogens is 3. The second-order valence-corrected chi connectivity index (χ2v) is 4.84. The van der Waals surface area contributed by atoms with E-state index >= 15 is 0 Å². The Morgan fingerprint density at radius 1 is 1.24 bits per heavy atom. The number of hydrogen-bond donors (Lipinski definition) is 1. The van der Waals surface area contributed by atoms with E-state index in [-0.39, 0.29) is 12.6 Å². The van der Waals surface area contributed by atoms with Gasteiger partial charge in [0.15, 0.2) is 0 Å². The van der Waals surface area contributed by atoms with Crippen LogP contribution in [-0.4, -0.2) is 38.5 Å². The van der Waals surface area contributed by atoms with Crippen LogP contribution in [0.3, 0.4) is 0 Å². The molecule has 0 saturated carbocycles. The Bertz CT molecular complexity index is 420. The molecule has 0 aliphatic carbocycles. The largest absolute Gasteiger partial charge is 0.489 e. The van der Waals surface area contributed by atoms with Crippen molar-refractivity contribution in [2.75, 3.05) is 31.1 Å². The molecule has 1 rings (SSSR count). The van der Waals surface area contributed by atoms with Crippen molar-refractivity contribution >= 4 is 5.69 Å². The van der Waals surface area contributed by atoms with Crippen molar-refractivity contribution in [3.8, 4) is 5.75 Å². The first-order chi connectivity index (χ1) is 9.85. The molecule has 21 heavy (non-hydrogen) atoms. The Morgan fingerprint density at radius 2 is 1.90 bits per heavy atom. The highest BCUT2D eigenvalue weighted by Crippen LogP contribution is 2.22. The molecule has 6 heteroatoms. The first-order valence-corrected chi connectivity index (χ1v) is 7.14. The fourth-order valence-corrected chi connectivity index (χ4v) is 2.03. The number of nitrogens with one attached hydrogen (secondary N) is 1. The minimum Gasteiger partial charge on any atom is -0.489 e. The van der Waals surface area contributed by atoms with Crippen molar-refractivity contribution in [2.45, 2.75) is 33.1 Å². The van der Waals surface area contributed by atoms with Crippen LogP contribution in [0.15, 0.2) is 24.3 Å². The molecule has 0 aliphatic heterocycles. The number of alkyl halides is 3. The third-order valence-corrected chi connectivity index (χ3v) is 3.04. The fraction of sp³-hybridized carbons (Fsp3) is 0.600. The van der Waals surface area contributed by atoms with Gasteiger partial charge in [-0.15, -0.1) is 0 Å². The van der Waals surface area contributed by atoms with Crippen molar-refractivity contribution in [3.05, 3.63) is 24.3 Å². The molecule has 0 spiro atoms. The van der Waals surface area contributed by atoms with Gasteiger partial charge in [0.25, 0.3) is 0 Å². The molecule has 1 N–H and O–H groups in total. The Morgan fingerprint density at radius 3 is 2.48 bits per heavy atom. The van der Waals surface area contributed by atoms with Gasteiger partial charge in [-0.25, -0.2) is 0 Å². The molecule has 0 heterocycles. The highest BCUT2D eigenvalue weighted by molar-refractivity contribution is 5.50. The monoisotopic (exact) mass is 304 g/mol. The van der Waals surface area contributed by atoms with Crippen LogP contribution in [0.5, 0.6) is 5.75 Å². The summed E-state index contributed by atoms with van der Waals surface area (Å²) in [5.41, 5.74) is 1.05. The van der Waals surface area contributed by atoms with Crippen molar-refractivity contribution in [3.63, 3.8) is 0 Å². The maximum Gasteiger partial charge on any atom is 0.401 e. The van der Waals surface area contributed by atoms with E-state index in [4.69, 9.17) is 4.74 Å². The Hall–Kier alpha value is -1.43. The van der Waals surface area contributed by atoms with Gasteiger partial charge in [-0.05, 0) is 32.9 Å². The molecular weight excluding hydrogens is 281 g/mol. The van der Waals surface area contributed by atoms with Crippen LogP contribution < -0.4 is 15.0 Å². The molecule has 0 bridgehead atoms. The summed E-state index contributed by atoms with van der Waals surface area (Å²) in [6, 6.07) is 7.60. The van der Waals surface area contributed by atoms with E-state index in [2.05, 4.69) is 24.1 Å². The molecule has 0 fully saturated rings. The van der Waals surface area contributed by atoms with Gasteiger partial charge >= 0.3 is 6.18 Å². The van der Waals surface area contributed by atoms with E-state index in [0.717, 1.165) is 18.8 Å². The zero-order valence-electron chi connectivity index (χ0n) is 12.7. The lowest BCUT2D eigenvalue weighted by atomic mass is 10.2. The van der Waals surface area contributed by atoms with Crippen LogP contribution in [0.1, 0.15) is 20.8 Å². The number of benzene rings is 1. The molecule has 0 radical (unpaired) electrons. The number of anilines is 1. The molecule has 0 aliphatic rings. The lowest BCUT2D eigenvalue weighted by Crippen LogP contribution is -2.35. The summed E-state index contributed by atoms with van der Waals surface area (Å²) >= 11 is 0. The van der Waals surface area contributed by atoms with E-state index in [1.165, 1.54) is 0 Å². The number of hydrogen-bond acceptors (Lipinski definition) is 3. The minimum absolute atomic E-state index is 0.148. The normalized spacial score (nSPS) is 13.0. The standard InChI is InChI=1S/C15H23F3N2O/c1-4-20(5-2)13-7-6-8-14(9-13)21-12(3)10-19-11-15(16,17)18/h6-9,12,19H,4-5,10-11H2,1-3H3. The van der Waals surface area contributed by atoms with Gasteiger partial charge in [-0.2, -0.15) is 13.2 Å². The molecule has 120 valence electrons. The van der Waals surface area contributed by atoms with Crippen LogP contribution in [0.2, 0.25) is 0 Å². The zero-order chi connectivity index (χ0) is 15.9. The quantitative estimate of drug-likeness (QED) is 0.796. The number of nitrogens with zero attached hydrogens (tertiary/aromatic N) is 1. The summed E-state index contributed by atoms with van der Waals surface area (Å²) in [5, 5.41) is 2.34. The maximum atomic E-state index is 12.0. The first-order valence-electron chi connectivity index (χ1n) is 7.14. The van der Waals surface area contributed by atoms with E-state index in [9.17, 15) is 13.2 Å². The second kappa shape index (κ2) is 8.12. The third-order valence-electron chi connectivity index (χ3n) is 3.04. The molecular formula is C15H23F3N2O. The van der Waals surface area contributed by atoms with E-state index in [1.807, 2.05) is 24.3 Å². The lowest BCUT2D eigenvalue weighted by molar-refractivity contribution is -0.125. The Labute approximate surface area is 124 Å². The topological polar surface area (TPSA) is 24.5 Å². The van der Waals surface area contributed by atoms with Crippen LogP contribution >= 0.6 is 0 Å². The highest BCUT2D eigenvalue weighted by atomic mass is 19.4. The summed E-state index contributed by atoms with van der Waals surface area (Å²) in [7, 11) is 0. The number of ether oxygens (including phenoxy) is 1. The van der Waals surface area contributed by atoms with Gasteiger partial charge < -0.3 is 15.0 Å². The number of rotatable bonds is 8. The summed E-state index contributed by atoms with van der Waals surface area (Å²) in [5.74, 6) is 0.667. The second-order valence-electron chi connectivity index (χ2n) is 4.84. The van der Waals surface area contributed by atoms with Crippen LogP contribution in [0.4, 0.5) is 18.9 Å². The molecule has 1 aromatic rings. The van der Waals surface area contributed by atoms with Crippen molar-refractivity contribution in [1.29, 1.82) is 0 Å². The molecule has 1 atom stereocenters. The summed E-state index contributed by atoms with van der Waals surface area (Å²) in [6.07, 6.45) is -4.53. The first kappa shape index (κ1) is 17.6. The molecule has 0 amide bonds. The van der Waals surface area contributed by atoms with Crippen molar-refractivity contribution < 1.29 is 17.9 Å². The van der Waals surface area contributed by atoms with Crippen molar-refractivity contribution in [1.82, 2.24) is 5.32 Å². The Kier molecular flexibility index (Phi) is 6.81. The third kappa shape index (κ3) is 6.71. The smallest absolute Gasteiger partial charge is 0.401 e. The van der Waals surface area contributed by atoms with Gasteiger partial charge in [0, 0.05) is 31.4 Å². The van der Waals surface area contributed by atoms with Gasteiger partial charge in [0.05, 0.1) is 6.54 Å². The van der Waals surface area contributed by atoms with Crippen LogP contribution in [0.25, 0.3) is 0 Å². The predicted octanol–water partition coefficient (Wildman–Crippen LogP) is 3.45. The average molecular weight is 304 g/mol. The highest BCUT2D eigenvalue weighted by Gasteiger charge is 2.26. The van der Waals surface area contributed by atoms with Gasteiger partial charge in [-0.1, -0.05) is 6.07 Å². The van der Waals surface area contributed by atoms with Gasteiger partial charge in [-0.3, -0.25) is 0 Å². The van der Waals surface area contributed by atoms with Gasteiger partial charge in [0.1, 0.15) is 11.9 Å². The molecule has 0 aromatic heterocycles. The average Bonchev–Trinajstić information content (AvgIpc) is 2.39. The fourth-order valence-electron chi connectivity index (χ4n) is 2.03. The minimum atomic E-state index is -4.19. The molecule has 1 unspecified atom stereocenters. The van der Waals surface area contributed by atoms with E-state index in [0.29, 0.717) is 5.75 Å². The summed E-state index contributed by atoms with van der Waals surface area (Å²) in [6.45, 7) is 6.81. The molecule has 3 nitrogen and oxygen atoms in total. The van der Waals surface area contributed by atoms with Crippen LogP contribution in [-0.2, 0) is 0 Å². The zero-order valence-corrected chi connectivity index (χ0v) is 12.7. The van der Waals surface area contributed by atoms with Crippen molar-refractivity contribution in [2.24, 2.45) is 0 Å². The maximum absolute atomic E-state index is 12.0. The van der Waals surface area contributed by atoms with Crippen LogP contribution in [0, 0.1) is 0 Å². The predicted molar refractivity (Wildman–Crippen MR) is 79.0 cm³/mol. The summed E-state index contributed by atoms with van der Waals surface area (Å²) < 4.78 is 41.8.